The van der Waals surface area contributed by atoms with Gasteiger partial charge < -0.3 is 24.0 Å². The molecule has 47 heavy (non-hydrogen) atoms. The van der Waals surface area contributed by atoms with Gasteiger partial charge in [0.25, 0.3) is 0 Å². The summed E-state index contributed by atoms with van der Waals surface area (Å²) in [6.45, 7) is 17.5. The molecule has 2 amide bonds. The highest BCUT2D eigenvalue weighted by molar-refractivity contribution is 6.74. The zero-order valence-electron chi connectivity index (χ0n) is 29.2. The van der Waals surface area contributed by atoms with Crippen molar-refractivity contribution in [2.24, 2.45) is 5.92 Å². The molecule has 1 aliphatic rings. The molecule has 1 aliphatic heterocycles. The molecule has 0 aromatic heterocycles. The van der Waals surface area contributed by atoms with Crippen LogP contribution < -0.4 is 5.32 Å². The van der Waals surface area contributed by atoms with Gasteiger partial charge in [-0.05, 0) is 55.6 Å². The quantitative estimate of drug-likeness (QED) is 0.208. The SMILES string of the molecule is CC(C)(C)OC(=O)N[C@@H]1[C@@H](COCc2ccccc2)[C@H](CO[Si](C)(C)C(C)(C)C)N(C(=O)OCc2ccccc2)[C@H]1c1ccccc1. The Hall–Kier alpha value is -3.66. The molecule has 1 N–H and O–H groups in total. The molecule has 4 rings (SSSR count). The monoisotopic (exact) mass is 660 g/mol. The van der Waals surface area contributed by atoms with Crippen molar-refractivity contribution in [3.8, 4) is 0 Å². The smallest absolute Gasteiger partial charge is 0.411 e. The largest absolute Gasteiger partial charge is 0.445 e. The van der Waals surface area contributed by atoms with Gasteiger partial charge in [-0.1, -0.05) is 112 Å². The lowest BCUT2D eigenvalue weighted by molar-refractivity contribution is 0.0355. The van der Waals surface area contributed by atoms with Crippen LogP contribution in [0.1, 0.15) is 64.3 Å². The Bertz CT molecular complexity index is 1420. The summed E-state index contributed by atoms with van der Waals surface area (Å²) in [5.74, 6) is -0.342. The summed E-state index contributed by atoms with van der Waals surface area (Å²) in [6, 6.07) is 27.8. The maximum Gasteiger partial charge on any atom is 0.411 e. The Morgan fingerprint density at radius 3 is 1.83 bits per heavy atom. The number of carbonyl (C=O) groups is 2. The molecule has 3 aromatic rings. The molecule has 0 aliphatic carbocycles. The highest BCUT2D eigenvalue weighted by atomic mass is 28.4. The molecule has 0 radical (unpaired) electrons. The van der Waals surface area contributed by atoms with Crippen molar-refractivity contribution >= 4 is 20.5 Å². The van der Waals surface area contributed by atoms with Gasteiger partial charge in [0.15, 0.2) is 8.32 Å². The van der Waals surface area contributed by atoms with E-state index in [0.29, 0.717) is 6.61 Å². The first-order valence-corrected chi connectivity index (χ1v) is 19.4. The maximum atomic E-state index is 14.3. The van der Waals surface area contributed by atoms with E-state index in [2.05, 4.69) is 39.2 Å². The van der Waals surface area contributed by atoms with E-state index in [1.165, 1.54) is 0 Å². The van der Waals surface area contributed by atoms with Crippen molar-refractivity contribution in [3.63, 3.8) is 0 Å². The van der Waals surface area contributed by atoms with Crippen LogP contribution in [-0.4, -0.2) is 56.3 Å². The third-order valence-electron chi connectivity index (χ3n) is 9.04. The van der Waals surface area contributed by atoms with Gasteiger partial charge in [0.1, 0.15) is 12.2 Å². The van der Waals surface area contributed by atoms with E-state index in [1.807, 2.05) is 112 Å². The van der Waals surface area contributed by atoms with Crippen LogP contribution in [0.5, 0.6) is 0 Å². The number of ether oxygens (including phenoxy) is 3. The molecule has 1 fully saturated rings. The molecule has 1 heterocycles. The van der Waals surface area contributed by atoms with Crippen LogP contribution in [0.15, 0.2) is 91.0 Å². The zero-order chi connectivity index (χ0) is 34.2. The topological polar surface area (TPSA) is 86.3 Å². The van der Waals surface area contributed by atoms with E-state index in [9.17, 15) is 9.59 Å². The third kappa shape index (κ3) is 9.92. The summed E-state index contributed by atoms with van der Waals surface area (Å²) in [5, 5.41) is 3.12. The van der Waals surface area contributed by atoms with Crippen molar-refractivity contribution < 1.29 is 28.2 Å². The van der Waals surface area contributed by atoms with Crippen LogP contribution in [-0.2, 0) is 31.9 Å². The Kier molecular flexibility index (Phi) is 11.9. The number of nitrogens with zero attached hydrogens (tertiary/aromatic N) is 1. The lowest BCUT2D eigenvalue weighted by Gasteiger charge is -2.39. The normalized spacial score (nSPS) is 20.1. The zero-order valence-corrected chi connectivity index (χ0v) is 30.2. The first-order chi connectivity index (χ1) is 22.2. The summed E-state index contributed by atoms with van der Waals surface area (Å²) in [4.78, 5) is 29.5. The van der Waals surface area contributed by atoms with Crippen LogP contribution in [0.3, 0.4) is 0 Å². The van der Waals surface area contributed by atoms with Gasteiger partial charge in [-0.25, -0.2) is 9.59 Å². The second-order valence-electron chi connectivity index (χ2n) is 14.8. The lowest BCUT2D eigenvalue weighted by atomic mass is 9.91. The summed E-state index contributed by atoms with van der Waals surface area (Å²) in [6.07, 6.45) is -1.03. The van der Waals surface area contributed by atoms with Gasteiger partial charge in [-0.15, -0.1) is 0 Å². The lowest BCUT2D eigenvalue weighted by Crippen LogP contribution is -2.48. The number of nitrogens with one attached hydrogen (secondary N) is 1. The molecule has 0 bridgehead atoms. The molecular weight excluding hydrogens is 609 g/mol. The van der Waals surface area contributed by atoms with Gasteiger partial charge in [-0.2, -0.15) is 0 Å². The minimum atomic E-state index is -2.24. The second-order valence-corrected chi connectivity index (χ2v) is 19.6. The predicted molar refractivity (Wildman–Crippen MR) is 187 cm³/mol. The van der Waals surface area contributed by atoms with Gasteiger partial charge in [0.05, 0.1) is 37.9 Å². The van der Waals surface area contributed by atoms with Crippen LogP contribution in [0.2, 0.25) is 18.1 Å². The van der Waals surface area contributed by atoms with Crippen molar-refractivity contribution in [3.05, 3.63) is 108 Å². The Morgan fingerprint density at radius 2 is 1.30 bits per heavy atom. The maximum absolute atomic E-state index is 14.3. The van der Waals surface area contributed by atoms with Crippen molar-refractivity contribution in [1.82, 2.24) is 10.2 Å². The van der Waals surface area contributed by atoms with Crippen LogP contribution >= 0.6 is 0 Å². The number of rotatable bonds is 11. The number of carbonyl (C=O) groups excluding carboxylic acids is 2. The number of amides is 2. The van der Waals surface area contributed by atoms with Crippen LogP contribution in [0.25, 0.3) is 0 Å². The van der Waals surface area contributed by atoms with Gasteiger partial charge >= 0.3 is 12.2 Å². The van der Waals surface area contributed by atoms with E-state index in [4.69, 9.17) is 18.6 Å². The van der Waals surface area contributed by atoms with E-state index in [1.54, 1.807) is 4.90 Å². The summed E-state index contributed by atoms with van der Waals surface area (Å²) in [5.41, 5.74) is 2.09. The van der Waals surface area contributed by atoms with E-state index in [0.717, 1.165) is 16.7 Å². The molecule has 1 saturated heterocycles. The molecule has 0 unspecified atom stereocenters. The van der Waals surface area contributed by atoms with E-state index in [-0.39, 0.29) is 30.8 Å². The fraction of sp³-hybridized carbons (Fsp3) is 0.474. The molecule has 9 heteroatoms. The Morgan fingerprint density at radius 1 is 0.766 bits per heavy atom. The average Bonchev–Trinajstić information content (AvgIpc) is 3.31. The second kappa shape index (κ2) is 15.5. The fourth-order valence-corrected chi connectivity index (χ4v) is 6.59. The average molecular weight is 661 g/mol. The number of hydrogen-bond donors (Lipinski definition) is 1. The third-order valence-corrected chi connectivity index (χ3v) is 13.5. The molecule has 4 atom stereocenters. The first-order valence-electron chi connectivity index (χ1n) is 16.5. The number of hydrogen-bond acceptors (Lipinski definition) is 6. The standard InChI is InChI=1S/C38H52N2O6Si/c1-37(2,3)46-35(41)39-33-31(26-43-24-28-18-12-9-13-19-28)32(27-45-47(7,8)38(4,5)6)40(34(33)30-22-16-11-17-23-30)36(42)44-25-29-20-14-10-15-21-29/h9-23,31-34H,24-27H2,1-8H3,(H,39,41)/t31-,32-,33+,34-/m0/s1. The molecule has 8 nitrogen and oxygen atoms in total. The van der Waals surface area contributed by atoms with Crippen molar-refractivity contribution in [2.75, 3.05) is 13.2 Å². The van der Waals surface area contributed by atoms with Crippen molar-refractivity contribution in [2.45, 2.75) is 96.6 Å². The molecule has 3 aromatic carbocycles. The Labute approximate surface area is 281 Å². The molecule has 0 spiro atoms. The predicted octanol–water partition coefficient (Wildman–Crippen LogP) is 8.50. The number of benzene rings is 3. The van der Waals surface area contributed by atoms with Gasteiger partial charge in [0, 0.05) is 5.92 Å². The van der Waals surface area contributed by atoms with E-state index < -0.39 is 44.2 Å². The van der Waals surface area contributed by atoms with Gasteiger partial charge in [0.2, 0.25) is 0 Å². The van der Waals surface area contributed by atoms with Gasteiger partial charge in [-0.3, -0.25) is 4.90 Å². The fourth-order valence-electron chi connectivity index (χ4n) is 5.57. The Balaban J connectivity index is 1.76. The minimum Gasteiger partial charge on any atom is -0.445 e. The number of alkyl carbamates (subject to hydrolysis) is 1. The van der Waals surface area contributed by atoms with Crippen molar-refractivity contribution in [1.29, 1.82) is 0 Å². The highest BCUT2D eigenvalue weighted by Gasteiger charge is 2.54. The van der Waals surface area contributed by atoms with E-state index >= 15 is 0 Å². The summed E-state index contributed by atoms with van der Waals surface area (Å²) < 4.78 is 25.0. The van der Waals surface area contributed by atoms with Crippen LogP contribution in [0.4, 0.5) is 9.59 Å². The highest BCUT2D eigenvalue weighted by Crippen LogP contribution is 2.43. The van der Waals surface area contributed by atoms with Crippen LogP contribution in [0, 0.1) is 5.92 Å². The molecular formula is C38H52N2O6Si. The first kappa shape index (κ1) is 36.2. The summed E-state index contributed by atoms with van der Waals surface area (Å²) >= 11 is 0. The summed E-state index contributed by atoms with van der Waals surface area (Å²) in [7, 11) is -2.24. The number of likely N-dealkylation sites (tertiary alicyclic amines) is 1. The molecule has 254 valence electrons. The molecule has 0 saturated carbocycles. The minimum absolute atomic E-state index is 0.0451.